The summed E-state index contributed by atoms with van der Waals surface area (Å²) in [6.07, 6.45) is 6.26. The zero-order valence-electron chi connectivity index (χ0n) is 8.64. The van der Waals surface area contributed by atoms with Gasteiger partial charge in [0.1, 0.15) is 0 Å². The van der Waals surface area contributed by atoms with E-state index in [1.165, 1.54) is 0 Å². The number of hydrogen-bond donors (Lipinski definition) is 0. The molecule has 1 aliphatic rings. The molecular weight excluding hydrogens is 204 g/mol. The minimum Gasteiger partial charge on any atom is -0.356 e. The van der Waals surface area contributed by atoms with Crippen molar-refractivity contribution < 1.29 is 9.32 Å². The van der Waals surface area contributed by atoms with Gasteiger partial charge < -0.3 is 4.52 Å². The lowest BCUT2D eigenvalue weighted by Gasteiger charge is -2.36. The van der Waals surface area contributed by atoms with Crippen molar-refractivity contribution >= 4 is 17.0 Å². The van der Waals surface area contributed by atoms with Gasteiger partial charge in [-0.25, -0.2) is 4.79 Å². The van der Waals surface area contributed by atoms with Crippen LogP contribution in [0, 0.1) is 0 Å². The summed E-state index contributed by atoms with van der Waals surface area (Å²) in [6.45, 7) is 0. The Kier molecular flexibility index (Phi) is 1.91. The molecule has 1 saturated carbocycles. The number of rotatable bonds is 2. The maximum Gasteiger partial charge on any atom is 0.235 e. The zero-order chi connectivity index (χ0) is 11.0. The van der Waals surface area contributed by atoms with Gasteiger partial charge in [0, 0.05) is 5.39 Å². The fourth-order valence-corrected chi connectivity index (χ4v) is 2.21. The van der Waals surface area contributed by atoms with Crippen molar-refractivity contribution in [3.63, 3.8) is 0 Å². The second-order valence-electron chi connectivity index (χ2n) is 4.17. The molecule has 1 heterocycles. The van der Waals surface area contributed by atoms with Crippen LogP contribution in [0.15, 0.2) is 33.9 Å². The Labute approximate surface area is 92.0 Å². The van der Waals surface area contributed by atoms with Crippen LogP contribution in [-0.2, 0) is 10.3 Å². The van der Waals surface area contributed by atoms with Gasteiger partial charge in [-0.05, 0) is 37.0 Å². The van der Waals surface area contributed by atoms with Gasteiger partial charge in [-0.1, -0.05) is 11.2 Å². The largest absolute Gasteiger partial charge is 0.356 e. The molecule has 4 nitrogen and oxygen atoms in total. The van der Waals surface area contributed by atoms with E-state index in [2.05, 4.69) is 10.1 Å². The van der Waals surface area contributed by atoms with E-state index in [0.717, 1.165) is 35.8 Å². The minimum atomic E-state index is -0.358. The predicted octanol–water partition coefficient (Wildman–Crippen LogP) is 2.54. The molecule has 0 N–H and O–H groups in total. The molecule has 1 fully saturated rings. The lowest BCUT2D eigenvalue weighted by molar-refractivity contribution is 0.256. The summed E-state index contributed by atoms with van der Waals surface area (Å²) in [6, 6.07) is 5.85. The predicted molar refractivity (Wildman–Crippen MR) is 57.7 cm³/mol. The van der Waals surface area contributed by atoms with Crippen molar-refractivity contribution in [1.29, 1.82) is 0 Å². The average molecular weight is 214 g/mol. The van der Waals surface area contributed by atoms with E-state index in [4.69, 9.17) is 4.52 Å². The molecular formula is C12H10N2O2. The summed E-state index contributed by atoms with van der Waals surface area (Å²) < 4.78 is 5.11. The normalized spacial score (nSPS) is 17.8. The number of carbonyl (C=O) groups excluding carboxylic acids is 1. The molecule has 80 valence electrons. The highest BCUT2D eigenvalue weighted by molar-refractivity contribution is 5.76. The SMILES string of the molecule is O=C=NC1(c2ccc3cnoc3c2)CCC1. The highest BCUT2D eigenvalue weighted by atomic mass is 16.5. The fourth-order valence-electron chi connectivity index (χ4n) is 2.21. The van der Waals surface area contributed by atoms with E-state index in [1.54, 1.807) is 12.3 Å². The van der Waals surface area contributed by atoms with Crippen LogP contribution >= 0.6 is 0 Å². The molecule has 0 spiro atoms. The minimum absolute atomic E-state index is 0.358. The molecule has 2 aromatic rings. The summed E-state index contributed by atoms with van der Waals surface area (Å²) >= 11 is 0. The number of isocyanates is 1. The van der Waals surface area contributed by atoms with Crippen molar-refractivity contribution in [3.8, 4) is 0 Å². The van der Waals surface area contributed by atoms with Crippen molar-refractivity contribution in [2.24, 2.45) is 4.99 Å². The lowest BCUT2D eigenvalue weighted by Crippen LogP contribution is -2.31. The fraction of sp³-hybridized carbons (Fsp3) is 0.333. The monoisotopic (exact) mass is 214 g/mol. The molecule has 0 saturated heterocycles. The average Bonchev–Trinajstić information content (AvgIpc) is 2.70. The Hall–Kier alpha value is -1.93. The first-order valence-corrected chi connectivity index (χ1v) is 5.28. The van der Waals surface area contributed by atoms with Gasteiger partial charge in [-0.15, -0.1) is 0 Å². The van der Waals surface area contributed by atoms with E-state index in [0.29, 0.717) is 0 Å². The molecule has 0 aliphatic heterocycles. The summed E-state index contributed by atoms with van der Waals surface area (Å²) in [7, 11) is 0. The van der Waals surface area contributed by atoms with Gasteiger partial charge in [0.05, 0.1) is 11.7 Å². The smallest absolute Gasteiger partial charge is 0.235 e. The maximum absolute atomic E-state index is 10.5. The third-order valence-electron chi connectivity index (χ3n) is 3.33. The van der Waals surface area contributed by atoms with Crippen molar-refractivity contribution in [1.82, 2.24) is 5.16 Å². The Balaban J connectivity index is 2.13. The Morgan fingerprint density at radius 2 is 2.31 bits per heavy atom. The molecule has 0 unspecified atom stereocenters. The second-order valence-corrected chi connectivity index (χ2v) is 4.17. The maximum atomic E-state index is 10.5. The van der Waals surface area contributed by atoms with Gasteiger partial charge in [0.25, 0.3) is 0 Å². The number of aromatic nitrogens is 1. The van der Waals surface area contributed by atoms with E-state index >= 15 is 0 Å². The first-order valence-electron chi connectivity index (χ1n) is 5.28. The van der Waals surface area contributed by atoms with E-state index < -0.39 is 0 Å². The lowest BCUT2D eigenvalue weighted by atomic mass is 9.72. The summed E-state index contributed by atoms with van der Waals surface area (Å²) in [4.78, 5) is 14.4. The molecule has 3 rings (SSSR count). The van der Waals surface area contributed by atoms with Crippen LogP contribution in [0.1, 0.15) is 24.8 Å². The van der Waals surface area contributed by atoms with Crippen LogP contribution < -0.4 is 0 Å². The van der Waals surface area contributed by atoms with E-state index in [-0.39, 0.29) is 5.54 Å². The van der Waals surface area contributed by atoms with Crippen LogP contribution in [0.3, 0.4) is 0 Å². The number of hydrogen-bond acceptors (Lipinski definition) is 4. The van der Waals surface area contributed by atoms with Crippen molar-refractivity contribution in [2.45, 2.75) is 24.8 Å². The third-order valence-corrected chi connectivity index (χ3v) is 3.33. The first-order chi connectivity index (χ1) is 7.84. The molecule has 1 aliphatic carbocycles. The molecule has 0 amide bonds. The van der Waals surface area contributed by atoms with Crippen molar-refractivity contribution in [3.05, 3.63) is 30.0 Å². The van der Waals surface area contributed by atoms with Crippen LogP contribution in [0.2, 0.25) is 0 Å². The standard InChI is InChI=1S/C12H10N2O2/c15-8-13-12(4-1-5-12)10-3-2-9-7-14-16-11(9)6-10/h2-3,6-7H,1,4-5H2. The molecule has 1 aromatic carbocycles. The van der Waals surface area contributed by atoms with Crippen LogP contribution in [0.4, 0.5) is 0 Å². The molecule has 0 atom stereocenters. The van der Waals surface area contributed by atoms with Crippen LogP contribution in [-0.4, -0.2) is 11.2 Å². The Morgan fingerprint density at radius 1 is 1.44 bits per heavy atom. The van der Waals surface area contributed by atoms with Gasteiger partial charge in [0.15, 0.2) is 5.58 Å². The first kappa shape index (κ1) is 9.31. The molecule has 4 heteroatoms. The topological polar surface area (TPSA) is 55.5 Å². The Bertz CT molecular complexity index is 577. The van der Waals surface area contributed by atoms with Crippen molar-refractivity contribution in [2.75, 3.05) is 0 Å². The molecule has 1 aromatic heterocycles. The summed E-state index contributed by atoms with van der Waals surface area (Å²) in [5.74, 6) is 0. The number of nitrogens with zero attached hydrogens (tertiary/aromatic N) is 2. The van der Waals surface area contributed by atoms with E-state index in [1.807, 2.05) is 18.2 Å². The van der Waals surface area contributed by atoms with E-state index in [9.17, 15) is 4.79 Å². The number of aliphatic imine (C=N–C) groups is 1. The second kappa shape index (κ2) is 3.29. The summed E-state index contributed by atoms with van der Waals surface area (Å²) in [5.41, 5.74) is 1.40. The molecule has 0 radical (unpaired) electrons. The van der Waals surface area contributed by atoms with Gasteiger partial charge >= 0.3 is 0 Å². The zero-order valence-corrected chi connectivity index (χ0v) is 8.64. The quantitative estimate of drug-likeness (QED) is 0.570. The van der Waals surface area contributed by atoms with Gasteiger partial charge in [-0.2, -0.15) is 4.99 Å². The van der Waals surface area contributed by atoms with Gasteiger partial charge in [0.2, 0.25) is 6.08 Å². The molecule has 0 bridgehead atoms. The van der Waals surface area contributed by atoms with Crippen LogP contribution in [0.25, 0.3) is 11.0 Å². The number of fused-ring (bicyclic) bond motifs is 1. The van der Waals surface area contributed by atoms with Crippen LogP contribution in [0.5, 0.6) is 0 Å². The summed E-state index contributed by atoms with van der Waals surface area (Å²) in [5, 5.41) is 4.70. The number of benzene rings is 1. The third kappa shape index (κ3) is 1.20. The Morgan fingerprint density at radius 3 is 3.00 bits per heavy atom. The van der Waals surface area contributed by atoms with Gasteiger partial charge in [-0.3, -0.25) is 0 Å². The molecule has 16 heavy (non-hydrogen) atoms. The highest BCUT2D eigenvalue weighted by Crippen LogP contribution is 2.45. The highest BCUT2D eigenvalue weighted by Gasteiger charge is 2.39.